The zero-order valence-electron chi connectivity index (χ0n) is 11.0. The van der Waals surface area contributed by atoms with E-state index in [9.17, 15) is 18.0 Å². The van der Waals surface area contributed by atoms with E-state index in [-0.39, 0.29) is 19.1 Å². The van der Waals surface area contributed by atoms with Gasteiger partial charge in [0.1, 0.15) is 6.61 Å². The molecular weight excluding hydrogens is 309 g/mol. The molecule has 1 aliphatic heterocycles. The first kappa shape index (κ1) is 15.9. The van der Waals surface area contributed by atoms with Gasteiger partial charge in [-0.05, 0) is 17.7 Å². The molecule has 1 aromatic carbocycles. The number of carbonyl (C=O) groups is 1. The zero-order chi connectivity index (χ0) is 15.5. The molecule has 1 saturated heterocycles. The predicted molar refractivity (Wildman–Crippen MR) is 71.1 cm³/mol. The smallest absolute Gasteiger partial charge is 0.365 e. The minimum atomic E-state index is -4.34. The lowest BCUT2D eigenvalue weighted by atomic mass is 10.2. The number of amides is 2. The molecule has 1 N–H and O–H groups in total. The second-order valence-electron chi connectivity index (χ2n) is 4.74. The van der Waals surface area contributed by atoms with Crippen LogP contribution >= 0.6 is 11.6 Å². The van der Waals surface area contributed by atoms with Crippen molar-refractivity contribution in [3.8, 4) is 0 Å². The molecule has 0 aliphatic carbocycles. The standard InChI is InChI=1S/C13H14ClF3N2O2/c14-10-3-1-9(2-4-10)5-18-12(20)19-6-11(7-19)21-8-13(15,16)17/h1-4,11H,5-8H2,(H,18,20). The zero-order valence-corrected chi connectivity index (χ0v) is 11.7. The van der Waals surface area contributed by atoms with Crippen molar-refractivity contribution in [3.05, 3.63) is 34.9 Å². The maximum Gasteiger partial charge on any atom is 0.411 e. The Morgan fingerprint density at radius 1 is 1.33 bits per heavy atom. The number of benzene rings is 1. The fraction of sp³-hybridized carbons (Fsp3) is 0.462. The third kappa shape index (κ3) is 5.09. The van der Waals surface area contributed by atoms with Crippen molar-refractivity contribution < 1.29 is 22.7 Å². The Kier molecular flexibility index (Phi) is 4.95. The van der Waals surface area contributed by atoms with Gasteiger partial charge in [-0.25, -0.2) is 4.79 Å². The minimum Gasteiger partial charge on any atom is -0.365 e. The summed E-state index contributed by atoms with van der Waals surface area (Å²) in [5.74, 6) is 0. The number of nitrogens with one attached hydrogen (secondary N) is 1. The Bertz CT molecular complexity index is 487. The average molecular weight is 323 g/mol. The Hall–Kier alpha value is -1.47. The molecule has 2 amide bonds. The Balaban J connectivity index is 1.66. The quantitative estimate of drug-likeness (QED) is 0.926. The van der Waals surface area contributed by atoms with Crippen LogP contribution in [0.1, 0.15) is 5.56 Å². The van der Waals surface area contributed by atoms with Crippen LogP contribution in [-0.4, -0.2) is 42.9 Å². The SMILES string of the molecule is O=C(NCc1ccc(Cl)cc1)N1CC(OCC(F)(F)F)C1. The van der Waals surface area contributed by atoms with Crippen molar-refractivity contribution in [3.63, 3.8) is 0 Å². The van der Waals surface area contributed by atoms with Gasteiger partial charge >= 0.3 is 12.2 Å². The van der Waals surface area contributed by atoms with E-state index in [0.29, 0.717) is 11.6 Å². The number of rotatable bonds is 4. The van der Waals surface area contributed by atoms with E-state index in [1.807, 2.05) is 0 Å². The van der Waals surface area contributed by atoms with Crippen LogP contribution in [0.3, 0.4) is 0 Å². The fourth-order valence-corrected chi connectivity index (χ4v) is 1.94. The van der Waals surface area contributed by atoms with E-state index >= 15 is 0 Å². The van der Waals surface area contributed by atoms with Crippen molar-refractivity contribution in [1.29, 1.82) is 0 Å². The van der Waals surface area contributed by atoms with Gasteiger partial charge in [0.2, 0.25) is 0 Å². The summed E-state index contributed by atoms with van der Waals surface area (Å²) in [6.45, 7) is -0.608. The molecule has 8 heteroatoms. The highest BCUT2D eigenvalue weighted by Crippen LogP contribution is 2.19. The predicted octanol–water partition coefficient (Wildman–Crippen LogP) is 2.81. The number of hydrogen-bond acceptors (Lipinski definition) is 2. The summed E-state index contributed by atoms with van der Waals surface area (Å²) in [7, 11) is 0. The molecule has 0 saturated carbocycles. The van der Waals surface area contributed by atoms with Gasteiger partial charge in [-0.2, -0.15) is 13.2 Å². The van der Waals surface area contributed by atoms with E-state index in [1.54, 1.807) is 24.3 Å². The van der Waals surface area contributed by atoms with Gasteiger partial charge in [-0.3, -0.25) is 0 Å². The van der Waals surface area contributed by atoms with Crippen molar-refractivity contribution in [2.45, 2.75) is 18.8 Å². The maximum absolute atomic E-state index is 11.9. The summed E-state index contributed by atoms with van der Waals surface area (Å²) in [6.07, 6.45) is -4.88. The number of carbonyl (C=O) groups excluding carboxylic acids is 1. The number of nitrogens with zero attached hydrogens (tertiary/aromatic N) is 1. The molecule has 4 nitrogen and oxygen atoms in total. The molecule has 116 valence electrons. The third-order valence-corrected chi connectivity index (χ3v) is 3.23. The molecule has 0 aromatic heterocycles. The number of hydrogen-bond donors (Lipinski definition) is 1. The van der Waals surface area contributed by atoms with Gasteiger partial charge < -0.3 is 15.0 Å². The molecule has 1 fully saturated rings. The lowest BCUT2D eigenvalue weighted by molar-refractivity contribution is -0.195. The Morgan fingerprint density at radius 3 is 2.52 bits per heavy atom. The first-order valence-electron chi connectivity index (χ1n) is 6.29. The van der Waals surface area contributed by atoms with Crippen LogP contribution < -0.4 is 5.32 Å². The number of halogens is 4. The van der Waals surface area contributed by atoms with Gasteiger partial charge in [0.25, 0.3) is 0 Å². The number of urea groups is 1. The van der Waals surface area contributed by atoms with Crippen LogP contribution in [0.25, 0.3) is 0 Å². The molecule has 0 bridgehead atoms. The lowest BCUT2D eigenvalue weighted by Gasteiger charge is -2.38. The van der Waals surface area contributed by atoms with Gasteiger partial charge in [0, 0.05) is 11.6 Å². The number of ether oxygens (including phenoxy) is 1. The van der Waals surface area contributed by atoms with Crippen molar-refractivity contribution >= 4 is 17.6 Å². The average Bonchev–Trinajstić information content (AvgIpc) is 2.35. The molecule has 0 radical (unpaired) electrons. The third-order valence-electron chi connectivity index (χ3n) is 2.97. The Labute approximate surface area is 124 Å². The minimum absolute atomic E-state index is 0.169. The first-order valence-corrected chi connectivity index (χ1v) is 6.67. The van der Waals surface area contributed by atoms with Gasteiger partial charge in [0.15, 0.2) is 0 Å². The van der Waals surface area contributed by atoms with Gasteiger partial charge in [0.05, 0.1) is 19.2 Å². The molecule has 1 aromatic rings. The van der Waals surface area contributed by atoms with E-state index in [0.717, 1.165) is 5.56 Å². The van der Waals surface area contributed by atoms with Crippen molar-refractivity contribution in [1.82, 2.24) is 10.2 Å². The number of likely N-dealkylation sites (tertiary alicyclic amines) is 1. The topological polar surface area (TPSA) is 41.6 Å². The maximum atomic E-state index is 11.9. The second kappa shape index (κ2) is 6.53. The second-order valence-corrected chi connectivity index (χ2v) is 5.17. The summed E-state index contributed by atoms with van der Waals surface area (Å²) in [6, 6.07) is 6.68. The van der Waals surface area contributed by atoms with E-state index in [1.165, 1.54) is 4.90 Å². The normalized spacial score (nSPS) is 15.7. The summed E-state index contributed by atoms with van der Waals surface area (Å²) in [4.78, 5) is 13.1. The number of alkyl halides is 3. The summed E-state index contributed by atoms with van der Waals surface area (Å²) < 4.78 is 40.5. The van der Waals surface area contributed by atoms with Crippen LogP contribution in [0, 0.1) is 0 Å². The van der Waals surface area contributed by atoms with E-state index < -0.39 is 18.9 Å². The van der Waals surface area contributed by atoms with E-state index in [2.05, 4.69) is 10.1 Å². The van der Waals surface area contributed by atoms with Crippen LogP contribution in [0.5, 0.6) is 0 Å². The fourth-order valence-electron chi connectivity index (χ4n) is 1.81. The van der Waals surface area contributed by atoms with Crippen LogP contribution in [0.4, 0.5) is 18.0 Å². The molecule has 0 atom stereocenters. The van der Waals surface area contributed by atoms with Gasteiger partial charge in [-0.1, -0.05) is 23.7 Å². The summed E-state index contributed by atoms with van der Waals surface area (Å²) >= 11 is 5.74. The molecule has 1 aliphatic rings. The van der Waals surface area contributed by atoms with Crippen LogP contribution in [-0.2, 0) is 11.3 Å². The molecule has 1 heterocycles. The lowest BCUT2D eigenvalue weighted by Crippen LogP contribution is -2.58. The van der Waals surface area contributed by atoms with E-state index in [4.69, 9.17) is 11.6 Å². The molecule has 2 rings (SSSR count). The van der Waals surface area contributed by atoms with Crippen molar-refractivity contribution in [2.75, 3.05) is 19.7 Å². The van der Waals surface area contributed by atoms with Crippen LogP contribution in [0.15, 0.2) is 24.3 Å². The highest BCUT2D eigenvalue weighted by Gasteiger charge is 2.35. The highest BCUT2D eigenvalue weighted by molar-refractivity contribution is 6.30. The first-order chi connectivity index (χ1) is 9.83. The Morgan fingerprint density at radius 2 is 1.95 bits per heavy atom. The molecule has 0 unspecified atom stereocenters. The summed E-state index contributed by atoms with van der Waals surface area (Å²) in [5, 5.41) is 3.29. The van der Waals surface area contributed by atoms with Crippen molar-refractivity contribution in [2.24, 2.45) is 0 Å². The monoisotopic (exact) mass is 322 g/mol. The molecule has 0 spiro atoms. The molecule has 21 heavy (non-hydrogen) atoms. The van der Waals surface area contributed by atoms with Gasteiger partial charge in [-0.15, -0.1) is 0 Å². The summed E-state index contributed by atoms with van der Waals surface area (Å²) in [5.41, 5.74) is 0.887. The molecular formula is C13H14ClF3N2O2. The largest absolute Gasteiger partial charge is 0.411 e. The van der Waals surface area contributed by atoms with Crippen LogP contribution in [0.2, 0.25) is 5.02 Å². The highest BCUT2D eigenvalue weighted by atomic mass is 35.5.